The molecule has 1 heterocycles. The highest BCUT2D eigenvalue weighted by Gasteiger charge is 2.06. The lowest BCUT2D eigenvalue weighted by molar-refractivity contribution is 0.0988. The summed E-state index contributed by atoms with van der Waals surface area (Å²) in [6.07, 6.45) is 0.554. The Bertz CT molecular complexity index is 502. The monoisotopic (exact) mass is 259 g/mol. The van der Waals surface area contributed by atoms with Gasteiger partial charge >= 0.3 is 0 Å². The molecule has 1 aromatic heterocycles. The van der Waals surface area contributed by atoms with Crippen molar-refractivity contribution in [3.05, 3.63) is 52.2 Å². The van der Waals surface area contributed by atoms with Crippen molar-refractivity contribution in [3.63, 3.8) is 0 Å². The van der Waals surface area contributed by atoms with E-state index in [0.29, 0.717) is 6.42 Å². The third-order valence-electron chi connectivity index (χ3n) is 2.95. The maximum absolute atomic E-state index is 11.5. The number of Topliss-reactive ketones (excluding diaryl/α,β-unsaturated/α-hetero) is 1. The third kappa shape index (κ3) is 2.99. The number of carbonyl (C=O) groups is 1. The smallest absolute Gasteiger partial charge is 0.162 e. The van der Waals surface area contributed by atoms with Gasteiger partial charge in [-0.25, -0.2) is 0 Å². The summed E-state index contributed by atoms with van der Waals surface area (Å²) < 4.78 is 0. The van der Waals surface area contributed by atoms with Crippen molar-refractivity contribution in [2.24, 2.45) is 0 Å². The Kier molecular flexibility index (Phi) is 4.15. The van der Waals surface area contributed by atoms with Crippen molar-refractivity contribution in [2.45, 2.75) is 26.3 Å². The number of hydrogen-bond donors (Lipinski definition) is 1. The van der Waals surface area contributed by atoms with Crippen LogP contribution in [0.4, 0.5) is 5.69 Å². The van der Waals surface area contributed by atoms with Gasteiger partial charge in [0.25, 0.3) is 0 Å². The van der Waals surface area contributed by atoms with Gasteiger partial charge in [0.05, 0.1) is 0 Å². The Morgan fingerprint density at radius 1 is 1.28 bits per heavy atom. The molecule has 1 N–H and O–H groups in total. The fourth-order valence-electron chi connectivity index (χ4n) is 1.81. The lowest BCUT2D eigenvalue weighted by Crippen LogP contribution is -2.05. The molecular formula is C15H17NOS. The maximum atomic E-state index is 11.5. The molecule has 1 unspecified atom stereocenters. The van der Waals surface area contributed by atoms with Gasteiger partial charge in [-0.1, -0.05) is 6.92 Å². The molecule has 3 heteroatoms. The Morgan fingerprint density at radius 3 is 2.56 bits per heavy atom. The first-order valence-corrected chi connectivity index (χ1v) is 7.07. The van der Waals surface area contributed by atoms with Gasteiger partial charge in [-0.05, 0) is 53.6 Å². The van der Waals surface area contributed by atoms with Crippen LogP contribution < -0.4 is 5.32 Å². The number of benzene rings is 1. The molecule has 2 rings (SSSR count). The highest BCUT2D eigenvalue weighted by atomic mass is 32.1. The van der Waals surface area contributed by atoms with Crippen LogP contribution in [0.25, 0.3) is 0 Å². The third-order valence-corrected chi connectivity index (χ3v) is 3.66. The Balaban J connectivity index is 2.04. The number of nitrogens with one attached hydrogen (secondary N) is 1. The fraction of sp³-hybridized carbons (Fsp3) is 0.267. The zero-order chi connectivity index (χ0) is 13.0. The van der Waals surface area contributed by atoms with E-state index < -0.39 is 0 Å². The van der Waals surface area contributed by atoms with E-state index in [9.17, 15) is 4.79 Å². The molecule has 0 spiro atoms. The quantitative estimate of drug-likeness (QED) is 0.800. The summed E-state index contributed by atoms with van der Waals surface area (Å²) in [5.74, 6) is 0.187. The van der Waals surface area contributed by atoms with Gasteiger partial charge in [0, 0.05) is 23.7 Å². The molecule has 1 aromatic carbocycles. The van der Waals surface area contributed by atoms with Crippen LogP contribution in [0.3, 0.4) is 0 Å². The van der Waals surface area contributed by atoms with Crippen molar-refractivity contribution in [1.29, 1.82) is 0 Å². The zero-order valence-electron chi connectivity index (χ0n) is 10.6. The van der Waals surface area contributed by atoms with Crippen molar-refractivity contribution >= 4 is 22.8 Å². The van der Waals surface area contributed by atoms with Crippen LogP contribution in [-0.4, -0.2) is 5.78 Å². The number of anilines is 1. The van der Waals surface area contributed by atoms with Crippen molar-refractivity contribution in [3.8, 4) is 0 Å². The van der Waals surface area contributed by atoms with Crippen molar-refractivity contribution < 1.29 is 4.79 Å². The molecular weight excluding hydrogens is 242 g/mol. The van der Waals surface area contributed by atoms with E-state index in [1.807, 2.05) is 31.2 Å². The SMILES string of the molecule is CCC(=O)c1ccc(NC(C)c2ccsc2)cc1. The average Bonchev–Trinajstić information content (AvgIpc) is 2.92. The number of thiophene rings is 1. The highest BCUT2D eigenvalue weighted by Crippen LogP contribution is 2.21. The summed E-state index contributed by atoms with van der Waals surface area (Å²) in [5, 5.41) is 7.65. The van der Waals surface area contributed by atoms with E-state index in [0.717, 1.165) is 11.3 Å². The largest absolute Gasteiger partial charge is 0.378 e. The molecule has 94 valence electrons. The van der Waals surface area contributed by atoms with Crippen LogP contribution in [0.15, 0.2) is 41.1 Å². The molecule has 0 amide bonds. The second-order valence-corrected chi connectivity index (χ2v) is 5.06. The summed E-state index contributed by atoms with van der Waals surface area (Å²) in [5.41, 5.74) is 3.11. The number of rotatable bonds is 5. The summed E-state index contributed by atoms with van der Waals surface area (Å²) in [4.78, 5) is 11.5. The molecule has 0 aliphatic carbocycles. The van der Waals surface area contributed by atoms with E-state index in [4.69, 9.17) is 0 Å². The number of carbonyl (C=O) groups excluding carboxylic acids is 1. The maximum Gasteiger partial charge on any atom is 0.162 e. The van der Waals surface area contributed by atoms with E-state index in [1.165, 1.54) is 5.56 Å². The molecule has 0 radical (unpaired) electrons. The first kappa shape index (κ1) is 12.8. The minimum atomic E-state index is 0.187. The Labute approximate surface area is 112 Å². The molecule has 0 bridgehead atoms. The van der Waals surface area contributed by atoms with Crippen LogP contribution in [0, 0.1) is 0 Å². The lowest BCUT2D eigenvalue weighted by Gasteiger charge is -2.14. The van der Waals surface area contributed by atoms with E-state index in [2.05, 4.69) is 29.1 Å². The van der Waals surface area contributed by atoms with Gasteiger partial charge in [0.15, 0.2) is 5.78 Å². The average molecular weight is 259 g/mol. The van der Waals surface area contributed by atoms with Gasteiger partial charge in [-0.2, -0.15) is 11.3 Å². The number of hydrogen-bond acceptors (Lipinski definition) is 3. The van der Waals surface area contributed by atoms with Crippen molar-refractivity contribution in [2.75, 3.05) is 5.32 Å². The van der Waals surface area contributed by atoms with Crippen LogP contribution in [0.2, 0.25) is 0 Å². The lowest BCUT2D eigenvalue weighted by atomic mass is 10.1. The predicted molar refractivity (Wildman–Crippen MR) is 77.4 cm³/mol. The van der Waals surface area contributed by atoms with Crippen molar-refractivity contribution in [1.82, 2.24) is 0 Å². The van der Waals surface area contributed by atoms with Gasteiger partial charge in [-0.3, -0.25) is 4.79 Å². The van der Waals surface area contributed by atoms with Crippen LogP contribution in [0.5, 0.6) is 0 Å². The molecule has 0 saturated carbocycles. The first-order chi connectivity index (χ1) is 8.70. The zero-order valence-corrected chi connectivity index (χ0v) is 11.5. The van der Waals surface area contributed by atoms with E-state index >= 15 is 0 Å². The normalized spacial score (nSPS) is 12.1. The summed E-state index contributed by atoms with van der Waals surface area (Å²) in [7, 11) is 0. The molecule has 1 atom stereocenters. The molecule has 2 aromatic rings. The topological polar surface area (TPSA) is 29.1 Å². The van der Waals surface area contributed by atoms with Gasteiger partial charge in [0.1, 0.15) is 0 Å². The Hall–Kier alpha value is -1.61. The molecule has 18 heavy (non-hydrogen) atoms. The summed E-state index contributed by atoms with van der Waals surface area (Å²) >= 11 is 1.70. The van der Waals surface area contributed by atoms with Gasteiger partial charge in [-0.15, -0.1) is 0 Å². The minimum Gasteiger partial charge on any atom is -0.378 e. The van der Waals surface area contributed by atoms with Gasteiger partial charge in [0.2, 0.25) is 0 Å². The molecule has 0 fully saturated rings. The summed E-state index contributed by atoms with van der Waals surface area (Å²) in [6, 6.07) is 10.1. The standard InChI is InChI=1S/C15H17NOS/c1-3-15(17)12-4-6-14(7-5-12)16-11(2)13-8-9-18-10-13/h4-11,16H,3H2,1-2H3. The summed E-state index contributed by atoms with van der Waals surface area (Å²) in [6.45, 7) is 4.01. The first-order valence-electron chi connectivity index (χ1n) is 6.12. The molecule has 0 aliphatic heterocycles. The molecule has 2 nitrogen and oxygen atoms in total. The van der Waals surface area contributed by atoms with E-state index in [1.54, 1.807) is 11.3 Å². The molecule has 0 aliphatic rings. The van der Waals surface area contributed by atoms with Crippen LogP contribution in [0.1, 0.15) is 42.2 Å². The number of ketones is 1. The highest BCUT2D eigenvalue weighted by molar-refractivity contribution is 7.07. The second kappa shape index (κ2) is 5.83. The predicted octanol–water partition coefficient (Wildman–Crippen LogP) is 4.51. The fourth-order valence-corrected chi connectivity index (χ4v) is 2.57. The van der Waals surface area contributed by atoms with Gasteiger partial charge < -0.3 is 5.32 Å². The molecule has 0 saturated heterocycles. The second-order valence-electron chi connectivity index (χ2n) is 4.28. The minimum absolute atomic E-state index is 0.187. The van der Waals surface area contributed by atoms with Crippen LogP contribution >= 0.6 is 11.3 Å². The van der Waals surface area contributed by atoms with Crippen LogP contribution in [-0.2, 0) is 0 Å². The Morgan fingerprint density at radius 2 is 2.00 bits per heavy atom. The van der Waals surface area contributed by atoms with E-state index in [-0.39, 0.29) is 11.8 Å².